The zero-order chi connectivity index (χ0) is 18.4. The maximum atomic E-state index is 14.7. The Kier molecular flexibility index (Phi) is 3.86. The van der Waals surface area contributed by atoms with Crippen LogP contribution in [0.15, 0.2) is 36.5 Å². The van der Waals surface area contributed by atoms with E-state index in [2.05, 4.69) is 25.0 Å². The van der Waals surface area contributed by atoms with Gasteiger partial charge in [-0.25, -0.2) is 15.0 Å². The lowest BCUT2D eigenvalue weighted by molar-refractivity contribution is 0.586. The lowest BCUT2D eigenvalue weighted by Gasteiger charge is -2.16. The molecule has 1 aliphatic rings. The topological polar surface area (TPSA) is 59.7 Å². The highest BCUT2D eigenvalue weighted by Gasteiger charge is 2.18. The second-order valence-electron chi connectivity index (χ2n) is 6.58. The lowest BCUT2D eigenvalue weighted by Crippen LogP contribution is -2.19. The van der Waals surface area contributed by atoms with Gasteiger partial charge in [0.1, 0.15) is 10.8 Å². The summed E-state index contributed by atoms with van der Waals surface area (Å²) in [7, 11) is 1.87. The van der Waals surface area contributed by atoms with E-state index < -0.39 is 5.95 Å². The van der Waals surface area contributed by atoms with Crippen molar-refractivity contribution < 1.29 is 4.39 Å². The zero-order valence-corrected chi connectivity index (χ0v) is 15.6. The Labute approximate surface area is 159 Å². The van der Waals surface area contributed by atoms with E-state index in [9.17, 15) is 4.39 Å². The molecule has 0 bridgehead atoms. The molecule has 27 heavy (non-hydrogen) atoms. The quantitative estimate of drug-likeness (QED) is 0.505. The number of rotatable bonds is 3. The van der Waals surface area contributed by atoms with Gasteiger partial charge in [0, 0.05) is 26.3 Å². The number of fused-ring (bicyclic) bond motifs is 1. The number of aromatic nitrogens is 5. The van der Waals surface area contributed by atoms with E-state index in [1.165, 1.54) is 11.3 Å². The molecular formula is C19H17FN6S. The van der Waals surface area contributed by atoms with Gasteiger partial charge < -0.3 is 4.90 Å². The Morgan fingerprint density at radius 2 is 1.85 bits per heavy atom. The molecule has 1 aliphatic heterocycles. The molecule has 0 radical (unpaired) electrons. The molecule has 1 fully saturated rings. The fourth-order valence-corrected chi connectivity index (χ4v) is 4.33. The predicted octanol–water partition coefficient (Wildman–Crippen LogP) is 3.89. The molecule has 4 aromatic heterocycles. The smallest absolute Gasteiger partial charge is 0.225 e. The first-order chi connectivity index (χ1) is 13.2. The van der Waals surface area contributed by atoms with E-state index in [-0.39, 0.29) is 0 Å². The summed E-state index contributed by atoms with van der Waals surface area (Å²) < 4.78 is 17.4. The van der Waals surface area contributed by atoms with Gasteiger partial charge >= 0.3 is 0 Å². The summed E-state index contributed by atoms with van der Waals surface area (Å²) in [4.78, 5) is 15.5. The first-order valence-electron chi connectivity index (χ1n) is 8.87. The standard InChI is InChI=1S/C19H17FN6S/c1-25-14(8-9-21-25)13-5-6-15-18(22-13)24-19(27-15)12-4-7-16(23-17(12)20)26-10-2-3-11-26/h4-9H,2-3,10-11H2,1H3. The van der Waals surface area contributed by atoms with Crippen LogP contribution in [0.1, 0.15) is 12.8 Å². The monoisotopic (exact) mass is 380 g/mol. The maximum absolute atomic E-state index is 14.7. The van der Waals surface area contributed by atoms with Crippen molar-refractivity contribution in [2.75, 3.05) is 18.0 Å². The highest BCUT2D eigenvalue weighted by molar-refractivity contribution is 7.21. The molecule has 8 heteroatoms. The van der Waals surface area contributed by atoms with Crippen LogP contribution in [0.3, 0.4) is 0 Å². The van der Waals surface area contributed by atoms with Gasteiger partial charge in [0.15, 0.2) is 5.65 Å². The Balaban J connectivity index is 1.52. The Hall–Kier alpha value is -2.87. The third-order valence-corrected chi connectivity index (χ3v) is 5.87. The van der Waals surface area contributed by atoms with Crippen LogP contribution in [0.4, 0.5) is 10.2 Å². The highest BCUT2D eigenvalue weighted by atomic mass is 32.1. The molecule has 0 aliphatic carbocycles. The molecule has 136 valence electrons. The van der Waals surface area contributed by atoms with Crippen molar-refractivity contribution in [2.24, 2.45) is 7.05 Å². The summed E-state index contributed by atoms with van der Waals surface area (Å²) in [5, 5.41) is 4.77. The average molecular weight is 380 g/mol. The fraction of sp³-hybridized carbons (Fsp3) is 0.263. The van der Waals surface area contributed by atoms with Crippen LogP contribution < -0.4 is 4.90 Å². The Morgan fingerprint density at radius 1 is 1.00 bits per heavy atom. The lowest BCUT2D eigenvalue weighted by atomic mass is 10.2. The van der Waals surface area contributed by atoms with Gasteiger partial charge in [0.25, 0.3) is 0 Å². The highest BCUT2D eigenvalue weighted by Crippen LogP contribution is 2.33. The van der Waals surface area contributed by atoms with Crippen LogP contribution in [0.5, 0.6) is 0 Å². The largest absolute Gasteiger partial charge is 0.357 e. The van der Waals surface area contributed by atoms with Crippen LogP contribution >= 0.6 is 11.3 Å². The summed E-state index contributed by atoms with van der Waals surface area (Å²) in [6.45, 7) is 1.88. The molecule has 1 saturated heterocycles. The maximum Gasteiger partial charge on any atom is 0.225 e. The van der Waals surface area contributed by atoms with Crippen molar-refractivity contribution in [3.8, 4) is 22.0 Å². The summed E-state index contributed by atoms with van der Waals surface area (Å²) in [5.41, 5.74) is 2.73. The van der Waals surface area contributed by atoms with E-state index in [1.807, 2.05) is 31.3 Å². The molecule has 5 heterocycles. The van der Waals surface area contributed by atoms with Crippen molar-refractivity contribution in [1.29, 1.82) is 0 Å². The van der Waals surface area contributed by atoms with E-state index in [0.29, 0.717) is 22.0 Å². The number of anilines is 1. The average Bonchev–Trinajstić information content (AvgIpc) is 3.41. The minimum Gasteiger partial charge on any atom is -0.357 e. The van der Waals surface area contributed by atoms with Crippen molar-refractivity contribution in [1.82, 2.24) is 24.7 Å². The van der Waals surface area contributed by atoms with E-state index in [1.54, 1.807) is 16.9 Å². The van der Waals surface area contributed by atoms with Crippen LogP contribution in [0, 0.1) is 5.95 Å². The molecule has 0 amide bonds. The number of pyridine rings is 2. The molecular weight excluding hydrogens is 363 g/mol. The molecule has 6 nitrogen and oxygen atoms in total. The molecule has 0 unspecified atom stereocenters. The third kappa shape index (κ3) is 2.86. The van der Waals surface area contributed by atoms with Gasteiger partial charge in [0.05, 0.1) is 21.7 Å². The first kappa shape index (κ1) is 16.3. The predicted molar refractivity (Wildman–Crippen MR) is 104 cm³/mol. The second-order valence-corrected chi connectivity index (χ2v) is 7.61. The minimum absolute atomic E-state index is 0.419. The number of nitrogens with zero attached hydrogens (tertiary/aromatic N) is 6. The third-order valence-electron chi connectivity index (χ3n) is 4.83. The van der Waals surface area contributed by atoms with Crippen molar-refractivity contribution >= 4 is 27.5 Å². The summed E-state index contributed by atoms with van der Waals surface area (Å²) in [5.74, 6) is 0.219. The Morgan fingerprint density at radius 3 is 2.59 bits per heavy atom. The Bertz CT molecular complexity index is 1130. The van der Waals surface area contributed by atoms with Crippen LogP contribution in [0.25, 0.3) is 32.3 Å². The van der Waals surface area contributed by atoms with Gasteiger partial charge in [-0.2, -0.15) is 9.49 Å². The van der Waals surface area contributed by atoms with Gasteiger partial charge in [-0.3, -0.25) is 4.68 Å². The molecule has 0 N–H and O–H groups in total. The second kappa shape index (κ2) is 6.38. The number of hydrogen-bond donors (Lipinski definition) is 0. The van der Waals surface area contributed by atoms with Crippen LogP contribution in [-0.4, -0.2) is 37.8 Å². The molecule has 0 aromatic carbocycles. The van der Waals surface area contributed by atoms with Gasteiger partial charge in [-0.1, -0.05) is 0 Å². The van der Waals surface area contributed by atoms with Crippen molar-refractivity contribution in [3.05, 3.63) is 42.5 Å². The van der Waals surface area contributed by atoms with E-state index >= 15 is 0 Å². The van der Waals surface area contributed by atoms with Crippen molar-refractivity contribution in [2.45, 2.75) is 12.8 Å². The first-order valence-corrected chi connectivity index (χ1v) is 9.68. The normalized spacial score (nSPS) is 14.4. The molecule has 0 saturated carbocycles. The van der Waals surface area contributed by atoms with Crippen LogP contribution in [-0.2, 0) is 7.05 Å². The molecule has 4 aromatic rings. The summed E-state index contributed by atoms with van der Waals surface area (Å²) in [6, 6.07) is 9.46. The van der Waals surface area contributed by atoms with E-state index in [4.69, 9.17) is 0 Å². The zero-order valence-electron chi connectivity index (χ0n) is 14.8. The summed E-state index contributed by atoms with van der Waals surface area (Å²) in [6.07, 6.45) is 4.00. The number of aryl methyl sites for hydroxylation is 1. The van der Waals surface area contributed by atoms with E-state index in [0.717, 1.165) is 42.0 Å². The van der Waals surface area contributed by atoms with Gasteiger partial charge in [-0.05, 0) is 43.2 Å². The number of hydrogen-bond acceptors (Lipinski definition) is 6. The van der Waals surface area contributed by atoms with Crippen molar-refractivity contribution in [3.63, 3.8) is 0 Å². The number of thiazole rings is 1. The molecule has 0 spiro atoms. The SMILES string of the molecule is Cn1nccc1-c1ccc2sc(-c3ccc(N4CCCC4)nc3F)nc2n1. The van der Waals surface area contributed by atoms with Crippen LogP contribution in [0.2, 0.25) is 0 Å². The summed E-state index contributed by atoms with van der Waals surface area (Å²) >= 11 is 1.42. The molecule has 5 rings (SSSR count). The van der Waals surface area contributed by atoms with Gasteiger partial charge in [-0.15, -0.1) is 11.3 Å². The van der Waals surface area contributed by atoms with Gasteiger partial charge in [0.2, 0.25) is 5.95 Å². The molecule has 0 atom stereocenters. The fourth-order valence-electron chi connectivity index (χ4n) is 3.41. The number of halogens is 1. The minimum atomic E-state index is -0.481.